The highest BCUT2D eigenvalue weighted by Crippen LogP contribution is 2.16. The van der Waals surface area contributed by atoms with E-state index in [4.69, 9.17) is 0 Å². The summed E-state index contributed by atoms with van der Waals surface area (Å²) in [5.41, 5.74) is 2.44. The van der Waals surface area contributed by atoms with Crippen LogP contribution < -0.4 is 5.32 Å². The SMILES string of the molecule is C[C@@H](NC(=O)c1cccc(-n2nnc3cccnc32)c1)C(=O)N1CCCCC1. The Morgan fingerprint density at radius 1 is 1.11 bits per heavy atom. The summed E-state index contributed by atoms with van der Waals surface area (Å²) in [6, 6.07) is 10.1. The largest absolute Gasteiger partial charge is 0.341 e. The van der Waals surface area contributed by atoms with Crippen molar-refractivity contribution in [1.29, 1.82) is 0 Å². The minimum Gasteiger partial charge on any atom is -0.341 e. The Kier molecular flexibility index (Phi) is 5.01. The molecular weight excluding hydrogens is 356 g/mol. The molecule has 0 spiro atoms. The van der Waals surface area contributed by atoms with Gasteiger partial charge in [0.05, 0.1) is 5.69 Å². The number of aromatic nitrogens is 4. The summed E-state index contributed by atoms with van der Waals surface area (Å²) in [5.74, 6) is -0.326. The van der Waals surface area contributed by atoms with E-state index >= 15 is 0 Å². The first-order valence-electron chi connectivity index (χ1n) is 9.50. The van der Waals surface area contributed by atoms with Crippen LogP contribution >= 0.6 is 0 Å². The van der Waals surface area contributed by atoms with E-state index in [1.807, 2.05) is 17.0 Å². The molecule has 8 heteroatoms. The van der Waals surface area contributed by atoms with E-state index in [0.29, 0.717) is 22.4 Å². The number of piperidine rings is 1. The van der Waals surface area contributed by atoms with E-state index in [1.54, 1.807) is 42.1 Å². The number of benzene rings is 1. The van der Waals surface area contributed by atoms with Crippen LogP contribution in [0.2, 0.25) is 0 Å². The molecule has 3 heterocycles. The van der Waals surface area contributed by atoms with E-state index in [2.05, 4.69) is 20.6 Å². The number of carbonyl (C=O) groups excluding carboxylic acids is 2. The molecule has 2 aromatic heterocycles. The van der Waals surface area contributed by atoms with Gasteiger partial charge in [0, 0.05) is 24.8 Å². The average molecular weight is 378 g/mol. The van der Waals surface area contributed by atoms with Crippen molar-refractivity contribution in [1.82, 2.24) is 30.2 Å². The molecule has 1 atom stereocenters. The molecule has 2 amide bonds. The second-order valence-electron chi connectivity index (χ2n) is 6.98. The van der Waals surface area contributed by atoms with Gasteiger partial charge in [-0.25, -0.2) is 4.98 Å². The molecule has 1 aromatic carbocycles. The second-order valence-corrected chi connectivity index (χ2v) is 6.98. The molecule has 0 unspecified atom stereocenters. The molecule has 1 fully saturated rings. The van der Waals surface area contributed by atoms with Crippen molar-refractivity contribution in [3.63, 3.8) is 0 Å². The third-order valence-electron chi connectivity index (χ3n) is 4.95. The summed E-state index contributed by atoms with van der Waals surface area (Å²) < 4.78 is 1.59. The van der Waals surface area contributed by atoms with Gasteiger partial charge >= 0.3 is 0 Å². The Morgan fingerprint density at radius 2 is 1.93 bits per heavy atom. The minimum absolute atomic E-state index is 0.0318. The molecule has 8 nitrogen and oxygen atoms in total. The number of pyridine rings is 1. The van der Waals surface area contributed by atoms with E-state index < -0.39 is 6.04 Å². The number of carbonyl (C=O) groups is 2. The zero-order valence-electron chi connectivity index (χ0n) is 15.7. The van der Waals surface area contributed by atoms with E-state index in [-0.39, 0.29) is 11.8 Å². The van der Waals surface area contributed by atoms with Crippen molar-refractivity contribution in [3.8, 4) is 5.69 Å². The van der Waals surface area contributed by atoms with Crippen LogP contribution in [0.3, 0.4) is 0 Å². The summed E-state index contributed by atoms with van der Waals surface area (Å²) in [6.07, 6.45) is 4.87. The molecular formula is C20H22N6O2. The Morgan fingerprint density at radius 3 is 2.75 bits per heavy atom. The Hall–Kier alpha value is -3.29. The summed E-state index contributed by atoms with van der Waals surface area (Å²) in [6.45, 7) is 3.26. The fourth-order valence-corrected chi connectivity index (χ4v) is 3.45. The summed E-state index contributed by atoms with van der Waals surface area (Å²) in [7, 11) is 0. The third-order valence-corrected chi connectivity index (χ3v) is 4.95. The van der Waals surface area contributed by atoms with Gasteiger partial charge in [-0.2, -0.15) is 4.68 Å². The number of nitrogens with zero attached hydrogens (tertiary/aromatic N) is 5. The van der Waals surface area contributed by atoms with E-state index in [9.17, 15) is 9.59 Å². The first-order valence-corrected chi connectivity index (χ1v) is 9.50. The number of hydrogen-bond donors (Lipinski definition) is 1. The molecule has 1 N–H and O–H groups in total. The Bertz CT molecular complexity index is 1010. The highest BCUT2D eigenvalue weighted by Gasteiger charge is 2.24. The molecule has 1 saturated heterocycles. The first kappa shape index (κ1) is 18.1. The van der Waals surface area contributed by atoms with Crippen LogP contribution in [-0.2, 0) is 4.79 Å². The van der Waals surface area contributed by atoms with Gasteiger partial charge < -0.3 is 10.2 Å². The van der Waals surface area contributed by atoms with Crippen LogP contribution in [0.1, 0.15) is 36.5 Å². The molecule has 0 bridgehead atoms. The topological polar surface area (TPSA) is 93.0 Å². The molecule has 4 rings (SSSR count). The number of rotatable bonds is 4. The van der Waals surface area contributed by atoms with Crippen molar-refractivity contribution < 1.29 is 9.59 Å². The highest BCUT2D eigenvalue weighted by molar-refractivity contribution is 5.97. The number of fused-ring (bicyclic) bond motifs is 1. The summed E-state index contributed by atoms with van der Waals surface area (Å²) in [5, 5.41) is 11.0. The maximum absolute atomic E-state index is 12.7. The number of amides is 2. The molecule has 28 heavy (non-hydrogen) atoms. The van der Waals surface area contributed by atoms with Crippen LogP contribution in [-0.4, -0.2) is 55.8 Å². The van der Waals surface area contributed by atoms with Crippen LogP contribution in [0, 0.1) is 0 Å². The highest BCUT2D eigenvalue weighted by atomic mass is 16.2. The predicted molar refractivity (Wildman–Crippen MR) is 104 cm³/mol. The smallest absolute Gasteiger partial charge is 0.251 e. The van der Waals surface area contributed by atoms with Crippen LogP contribution in [0.25, 0.3) is 16.9 Å². The van der Waals surface area contributed by atoms with Crippen molar-refractivity contribution in [2.24, 2.45) is 0 Å². The third kappa shape index (κ3) is 3.58. The number of nitrogens with one attached hydrogen (secondary N) is 1. The van der Waals surface area contributed by atoms with Gasteiger partial charge in [0.25, 0.3) is 5.91 Å². The number of hydrogen-bond acceptors (Lipinski definition) is 5. The van der Waals surface area contributed by atoms with Gasteiger partial charge in [-0.3, -0.25) is 9.59 Å². The van der Waals surface area contributed by atoms with Crippen LogP contribution in [0.4, 0.5) is 0 Å². The van der Waals surface area contributed by atoms with Crippen molar-refractivity contribution >= 4 is 23.0 Å². The van der Waals surface area contributed by atoms with E-state index in [1.165, 1.54) is 0 Å². The lowest BCUT2D eigenvalue weighted by Gasteiger charge is -2.29. The molecule has 0 radical (unpaired) electrons. The zero-order chi connectivity index (χ0) is 19.5. The van der Waals surface area contributed by atoms with Crippen LogP contribution in [0.15, 0.2) is 42.6 Å². The molecule has 0 aliphatic carbocycles. The molecule has 3 aromatic rings. The monoisotopic (exact) mass is 378 g/mol. The van der Waals surface area contributed by atoms with Crippen molar-refractivity contribution in [2.45, 2.75) is 32.2 Å². The maximum Gasteiger partial charge on any atom is 0.251 e. The second kappa shape index (κ2) is 7.75. The quantitative estimate of drug-likeness (QED) is 0.749. The van der Waals surface area contributed by atoms with Gasteiger partial charge in [-0.15, -0.1) is 5.10 Å². The fourth-order valence-electron chi connectivity index (χ4n) is 3.45. The molecule has 1 aliphatic heterocycles. The average Bonchev–Trinajstić information content (AvgIpc) is 3.18. The lowest BCUT2D eigenvalue weighted by Crippen LogP contribution is -2.48. The predicted octanol–water partition coefficient (Wildman–Crippen LogP) is 1.95. The number of likely N-dealkylation sites (tertiary alicyclic amines) is 1. The van der Waals surface area contributed by atoms with Gasteiger partial charge in [-0.1, -0.05) is 11.3 Å². The maximum atomic E-state index is 12.7. The normalized spacial score (nSPS) is 15.4. The molecule has 0 saturated carbocycles. The molecule has 144 valence electrons. The van der Waals surface area contributed by atoms with Crippen molar-refractivity contribution in [2.75, 3.05) is 13.1 Å². The summed E-state index contributed by atoms with van der Waals surface area (Å²) >= 11 is 0. The lowest BCUT2D eigenvalue weighted by molar-refractivity contribution is -0.133. The van der Waals surface area contributed by atoms with Gasteiger partial charge in [0.2, 0.25) is 5.91 Å². The zero-order valence-corrected chi connectivity index (χ0v) is 15.7. The van der Waals surface area contributed by atoms with Gasteiger partial charge in [0.15, 0.2) is 5.65 Å². The fraction of sp³-hybridized carbons (Fsp3) is 0.350. The molecule has 1 aliphatic rings. The first-order chi connectivity index (χ1) is 13.6. The van der Waals surface area contributed by atoms with Crippen LogP contribution in [0.5, 0.6) is 0 Å². The van der Waals surface area contributed by atoms with Crippen molar-refractivity contribution in [3.05, 3.63) is 48.2 Å². The lowest BCUT2D eigenvalue weighted by atomic mass is 10.1. The van der Waals surface area contributed by atoms with Gasteiger partial charge in [-0.05, 0) is 56.5 Å². The standard InChI is InChI=1S/C20H22N6O2/c1-14(20(28)25-11-3-2-4-12-25)22-19(27)15-7-5-8-16(13-15)26-18-17(23-24-26)9-6-10-21-18/h5-10,13-14H,2-4,11-12H2,1H3,(H,22,27)/t14-/m1/s1. The van der Waals surface area contributed by atoms with Gasteiger partial charge in [0.1, 0.15) is 11.6 Å². The summed E-state index contributed by atoms with van der Waals surface area (Å²) in [4.78, 5) is 31.4. The minimum atomic E-state index is -0.567. The Labute approximate surface area is 162 Å². The van der Waals surface area contributed by atoms with E-state index in [0.717, 1.165) is 32.4 Å². The Balaban J connectivity index is 1.51.